The molecule has 50 valence electrons. The molecule has 0 spiro atoms. The second-order valence-electron chi connectivity index (χ2n) is 1.61. The summed E-state index contributed by atoms with van der Waals surface area (Å²) in [6.07, 6.45) is 3.02. The van der Waals surface area contributed by atoms with Crippen molar-refractivity contribution < 1.29 is 4.79 Å². The summed E-state index contributed by atoms with van der Waals surface area (Å²) in [7, 11) is 0. The predicted octanol–water partition coefficient (Wildman–Crippen LogP) is -1.12. The summed E-state index contributed by atoms with van der Waals surface area (Å²) in [5.41, 5.74) is 5.38. The van der Waals surface area contributed by atoms with Crippen LogP contribution in [0.1, 0.15) is 10.4 Å². The van der Waals surface area contributed by atoms with Gasteiger partial charge in [0.25, 0.3) is 0 Å². The molecule has 1 aromatic heterocycles. The zero-order valence-electron chi connectivity index (χ0n) is 4.74. The summed E-state index contributed by atoms with van der Waals surface area (Å²) in [5, 5.41) is 0. The second-order valence-corrected chi connectivity index (χ2v) is 1.61. The Morgan fingerprint density at radius 1 is 1.45 bits per heavy atom. The van der Waals surface area contributed by atoms with Crippen LogP contribution in [0.4, 0.5) is 0 Å². The van der Waals surface area contributed by atoms with Crippen LogP contribution in [0.25, 0.3) is 0 Å². The van der Waals surface area contributed by atoms with Crippen molar-refractivity contribution in [2.24, 2.45) is 5.73 Å². The molecule has 0 fully saturated rings. The van der Waals surface area contributed by atoms with Gasteiger partial charge in [0.2, 0.25) is 5.91 Å². The molecule has 11 heavy (non-hydrogen) atoms. The van der Waals surface area contributed by atoms with Crippen molar-refractivity contribution in [1.29, 1.82) is 0 Å². The molecule has 0 aliphatic heterocycles. The van der Waals surface area contributed by atoms with Gasteiger partial charge in [-0.2, -0.15) is 0 Å². The molecule has 1 heterocycles. The third-order valence-electron chi connectivity index (χ3n) is 0.946. The normalized spacial score (nSPS) is 7.27. The van der Waals surface area contributed by atoms with Gasteiger partial charge >= 0.3 is 59.1 Å². The minimum absolute atomic E-state index is 0. The third kappa shape index (κ3) is 4.95. The van der Waals surface area contributed by atoms with Gasteiger partial charge in [-0.25, -0.2) is 0 Å². The molecule has 0 saturated heterocycles. The quantitative estimate of drug-likeness (QED) is 0.543. The van der Waals surface area contributed by atoms with E-state index in [0.29, 0.717) is 5.56 Å². The Hall–Kier alpha value is 0.620. The number of nitrogens with two attached hydrogens (primary N) is 1. The van der Waals surface area contributed by atoms with E-state index in [9.17, 15) is 4.79 Å². The summed E-state index contributed by atoms with van der Waals surface area (Å²) in [4.78, 5) is 14.1. The number of pyridine rings is 1. The first kappa shape index (κ1) is 14.2. The monoisotopic (exact) mass is 170 g/mol. The van der Waals surface area contributed by atoms with Crippen molar-refractivity contribution in [3.63, 3.8) is 0 Å². The van der Waals surface area contributed by atoms with Crippen LogP contribution in [0.15, 0.2) is 24.5 Å². The predicted molar refractivity (Wildman–Crippen MR) is 47.1 cm³/mol. The molecule has 0 saturated carbocycles. The van der Waals surface area contributed by atoms with Gasteiger partial charge in [0.15, 0.2) is 0 Å². The number of rotatable bonds is 1. The van der Waals surface area contributed by atoms with Crippen LogP contribution < -0.4 is 5.73 Å². The molecule has 5 heteroatoms. The van der Waals surface area contributed by atoms with E-state index < -0.39 is 5.91 Å². The van der Waals surface area contributed by atoms with Crippen LogP contribution in [-0.4, -0.2) is 70.0 Å². The van der Waals surface area contributed by atoms with Crippen molar-refractivity contribution in [2.75, 3.05) is 0 Å². The van der Waals surface area contributed by atoms with Gasteiger partial charge in [-0.3, -0.25) is 9.78 Å². The maximum absolute atomic E-state index is 10.4. The van der Waals surface area contributed by atoms with Crippen LogP contribution in [0.2, 0.25) is 0 Å². The van der Waals surface area contributed by atoms with Crippen LogP contribution in [0.3, 0.4) is 0 Å². The molecule has 3 nitrogen and oxygen atoms in total. The number of primary amides is 1. The molecule has 0 atom stereocenters. The molecular weight excluding hydrogens is 162 g/mol. The molecule has 1 aromatic rings. The Balaban J connectivity index is 0. The Morgan fingerprint density at radius 3 is 2.36 bits per heavy atom. The SMILES string of the molecule is NC(=O)c1cccnc1.[NaH].[NaH]. The van der Waals surface area contributed by atoms with Crippen molar-refractivity contribution in [1.82, 2.24) is 4.98 Å². The van der Waals surface area contributed by atoms with Gasteiger partial charge in [0, 0.05) is 12.4 Å². The van der Waals surface area contributed by atoms with Gasteiger partial charge < -0.3 is 5.73 Å². The first-order valence-electron chi connectivity index (χ1n) is 2.50. The molecule has 1 rings (SSSR count). The summed E-state index contributed by atoms with van der Waals surface area (Å²) in [5.74, 6) is -0.442. The molecule has 0 radical (unpaired) electrons. The van der Waals surface area contributed by atoms with Crippen molar-refractivity contribution in [3.8, 4) is 0 Å². The Kier molecular flexibility index (Phi) is 9.37. The van der Waals surface area contributed by atoms with Crippen LogP contribution in [-0.2, 0) is 0 Å². The first-order valence-corrected chi connectivity index (χ1v) is 2.50. The summed E-state index contributed by atoms with van der Waals surface area (Å²) < 4.78 is 0. The average molecular weight is 170 g/mol. The van der Waals surface area contributed by atoms with E-state index in [2.05, 4.69) is 4.98 Å². The standard InChI is InChI=1S/C6H6N2O.2Na.2H/c7-6(9)5-2-1-3-8-4-5;;;;/h1-4H,(H2,7,9);;;;. The number of carbonyl (C=O) groups is 1. The van der Waals surface area contributed by atoms with E-state index in [-0.39, 0.29) is 59.1 Å². The van der Waals surface area contributed by atoms with Crippen molar-refractivity contribution >= 4 is 65.0 Å². The van der Waals surface area contributed by atoms with Crippen molar-refractivity contribution in [3.05, 3.63) is 30.1 Å². The van der Waals surface area contributed by atoms with Gasteiger partial charge in [-0.15, -0.1) is 0 Å². The minimum atomic E-state index is -0.442. The van der Waals surface area contributed by atoms with E-state index in [0.717, 1.165) is 0 Å². The van der Waals surface area contributed by atoms with Crippen LogP contribution >= 0.6 is 0 Å². The average Bonchev–Trinajstić information content (AvgIpc) is 1.90. The molecule has 2 N–H and O–H groups in total. The molecule has 0 aliphatic carbocycles. The summed E-state index contributed by atoms with van der Waals surface area (Å²) >= 11 is 0. The summed E-state index contributed by atoms with van der Waals surface area (Å²) in [6.45, 7) is 0. The second kappa shape index (κ2) is 7.28. The zero-order chi connectivity index (χ0) is 6.69. The van der Waals surface area contributed by atoms with Gasteiger partial charge in [0.1, 0.15) is 0 Å². The fourth-order valence-electron chi connectivity index (χ4n) is 0.509. The number of aromatic nitrogens is 1. The molecule has 0 aromatic carbocycles. The van der Waals surface area contributed by atoms with Crippen molar-refractivity contribution in [2.45, 2.75) is 0 Å². The molecular formula is C6H8N2Na2O. The fourth-order valence-corrected chi connectivity index (χ4v) is 0.509. The van der Waals surface area contributed by atoms with Crippen LogP contribution in [0.5, 0.6) is 0 Å². The topological polar surface area (TPSA) is 56.0 Å². The van der Waals surface area contributed by atoms with E-state index in [1.807, 2.05) is 0 Å². The van der Waals surface area contributed by atoms with Gasteiger partial charge in [0.05, 0.1) is 5.56 Å². The fraction of sp³-hybridized carbons (Fsp3) is 0. The molecule has 0 unspecified atom stereocenters. The molecule has 1 amide bonds. The van der Waals surface area contributed by atoms with Crippen LogP contribution in [0, 0.1) is 0 Å². The van der Waals surface area contributed by atoms with Gasteiger partial charge in [-0.05, 0) is 12.1 Å². The number of carbonyl (C=O) groups excluding carboxylic acids is 1. The molecule has 0 aliphatic rings. The van der Waals surface area contributed by atoms with E-state index >= 15 is 0 Å². The third-order valence-corrected chi connectivity index (χ3v) is 0.946. The number of nitrogens with zero attached hydrogens (tertiary/aromatic N) is 1. The van der Waals surface area contributed by atoms with E-state index in [1.54, 1.807) is 18.3 Å². The maximum atomic E-state index is 10.4. The first-order chi connectivity index (χ1) is 4.30. The molecule has 0 bridgehead atoms. The van der Waals surface area contributed by atoms with E-state index in [1.165, 1.54) is 6.20 Å². The Labute approximate surface area is 109 Å². The van der Waals surface area contributed by atoms with E-state index in [4.69, 9.17) is 5.73 Å². The number of amides is 1. The Morgan fingerprint density at radius 2 is 2.09 bits per heavy atom. The number of hydrogen-bond acceptors (Lipinski definition) is 2. The van der Waals surface area contributed by atoms with Gasteiger partial charge in [-0.1, -0.05) is 0 Å². The Bertz CT molecular complexity index is 215. The zero-order valence-corrected chi connectivity index (χ0v) is 4.74. The summed E-state index contributed by atoms with van der Waals surface area (Å²) in [6, 6.07) is 3.29. The number of hydrogen-bond donors (Lipinski definition) is 1.